The molecule has 1 fully saturated rings. The van der Waals surface area contributed by atoms with Gasteiger partial charge in [-0.05, 0) is 86.1 Å². The number of nitrogens with zero attached hydrogens (tertiary/aromatic N) is 4. The van der Waals surface area contributed by atoms with Crippen LogP contribution in [0.15, 0.2) is 78.0 Å². The molecule has 1 aliphatic rings. The number of aromatic nitrogens is 3. The summed E-state index contributed by atoms with van der Waals surface area (Å²) in [5.74, 6) is 0.468. The van der Waals surface area contributed by atoms with Crippen LogP contribution in [0, 0.1) is 6.92 Å². The number of carbonyl (C=O) groups excluding carboxylic acids is 1. The zero-order chi connectivity index (χ0) is 32.2. The lowest BCUT2D eigenvalue weighted by molar-refractivity contribution is -0.274. The minimum atomic E-state index is -4.75. The Balaban J connectivity index is 1.16. The van der Waals surface area contributed by atoms with E-state index in [4.69, 9.17) is 4.99 Å². The minimum Gasteiger partial charge on any atom is -0.406 e. The molecule has 0 spiro atoms. The Bertz CT molecular complexity index is 1660. The number of amides is 2. The molecule has 0 unspecified atom stereocenters. The van der Waals surface area contributed by atoms with Crippen LogP contribution in [0.5, 0.6) is 5.75 Å². The van der Waals surface area contributed by atoms with E-state index in [-0.39, 0.29) is 16.5 Å². The summed E-state index contributed by atoms with van der Waals surface area (Å²) in [5.41, 5.74) is 5.48. The first-order chi connectivity index (χ1) is 21.4. The Morgan fingerprint density at radius 2 is 1.80 bits per heavy atom. The number of halogens is 3. The molecule has 0 bridgehead atoms. The first-order valence-electron chi connectivity index (χ1n) is 14.7. The number of nitrogens with one attached hydrogen (secondary N) is 2. The third-order valence-corrected chi connectivity index (χ3v) is 8.57. The number of amidine groups is 1. The Morgan fingerprint density at radius 1 is 1.09 bits per heavy atom. The molecule has 1 aliphatic carbocycles. The highest BCUT2D eigenvalue weighted by Gasteiger charge is 2.40. The number of rotatable bonds is 9. The number of benzene rings is 3. The van der Waals surface area contributed by atoms with Crippen molar-refractivity contribution < 1.29 is 22.7 Å². The molecule has 0 radical (unpaired) electrons. The van der Waals surface area contributed by atoms with E-state index < -0.39 is 6.36 Å². The van der Waals surface area contributed by atoms with Crippen LogP contribution in [-0.4, -0.2) is 43.6 Å². The van der Waals surface area contributed by atoms with Gasteiger partial charge in [0, 0.05) is 16.9 Å². The van der Waals surface area contributed by atoms with E-state index in [0.717, 1.165) is 40.8 Å². The Kier molecular flexibility index (Phi) is 9.52. The van der Waals surface area contributed by atoms with Crippen molar-refractivity contribution in [1.29, 1.82) is 0 Å². The second-order valence-corrected chi connectivity index (χ2v) is 13.1. The van der Waals surface area contributed by atoms with Gasteiger partial charge in [0.05, 0.1) is 11.4 Å². The predicted octanol–water partition coefficient (Wildman–Crippen LogP) is 8.08. The third kappa shape index (κ3) is 9.10. The zero-order valence-electron chi connectivity index (χ0n) is 25.5. The van der Waals surface area contributed by atoms with Gasteiger partial charge in [-0.1, -0.05) is 62.0 Å². The van der Waals surface area contributed by atoms with Crippen molar-refractivity contribution in [3.05, 3.63) is 89.7 Å². The fraction of sp³-hybridized carbons (Fsp3) is 0.333. The van der Waals surface area contributed by atoms with Gasteiger partial charge in [0.1, 0.15) is 12.1 Å². The summed E-state index contributed by atoms with van der Waals surface area (Å²) in [5, 5.41) is 11.0. The molecule has 5 rings (SSSR count). The smallest absolute Gasteiger partial charge is 0.406 e. The molecule has 0 atom stereocenters. The van der Waals surface area contributed by atoms with Gasteiger partial charge in [-0.2, -0.15) is 0 Å². The molecule has 2 amide bonds. The summed E-state index contributed by atoms with van der Waals surface area (Å²) in [4.78, 5) is 22.1. The summed E-state index contributed by atoms with van der Waals surface area (Å²) in [6, 6.07) is 19.0. The van der Waals surface area contributed by atoms with E-state index in [0.29, 0.717) is 35.6 Å². The molecule has 236 valence electrons. The van der Waals surface area contributed by atoms with Crippen molar-refractivity contribution in [2.75, 3.05) is 6.54 Å². The summed E-state index contributed by atoms with van der Waals surface area (Å²) in [7, 11) is 0. The van der Waals surface area contributed by atoms with Gasteiger partial charge in [-0.25, -0.2) is 19.5 Å². The molecule has 12 heteroatoms. The van der Waals surface area contributed by atoms with Crippen LogP contribution in [0.2, 0.25) is 0 Å². The lowest BCUT2D eigenvalue weighted by Crippen LogP contribution is -2.39. The highest BCUT2D eigenvalue weighted by molar-refractivity contribution is 8.15. The van der Waals surface area contributed by atoms with Gasteiger partial charge in [-0.3, -0.25) is 5.32 Å². The molecular formula is C33H35F3N6O2S. The SMILES string of the molecule is Cc1ccc(C(C)C)c(N=C(NC(=O)NCCc2ccc(-c3ncn(-c4ccc(OC(F)(F)F)cc4)n3)cc2)SC2(C)CC2)c1. The van der Waals surface area contributed by atoms with Crippen LogP contribution in [-0.2, 0) is 6.42 Å². The van der Waals surface area contributed by atoms with Gasteiger partial charge in [0.2, 0.25) is 0 Å². The zero-order valence-corrected chi connectivity index (χ0v) is 26.3. The summed E-state index contributed by atoms with van der Waals surface area (Å²) < 4.78 is 42.7. The molecule has 0 aliphatic heterocycles. The highest BCUT2D eigenvalue weighted by atomic mass is 32.2. The minimum absolute atomic E-state index is 0.0938. The summed E-state index contributed by atoms with van der Waals surface area (Å²) >= 11 is 1.61. The van der Waals surface area contributed by atoms with Crippen LogP contribution in [0.4, 0.5) is 23.7 Å². The van der Waals surface area contributed by atoms with Crippen LogP contribution in [0.25, 0.3) is 17.1 Å². The number of carbonyl (C=O) groups is 1. The number of urea groups is 1. The molecule has 4 aromatic rings. The van der Waals surface area contributed by atoms with Crippen molar-refractivity contribution >= 4 is 28.6 Å². The lowest BCUT2D eigenvalue weighted by Gasteiger charge is -2.16. The van der Waals surface area contributed by atoms with Gasteiger partial charge in [0.25, 0.3) is 0 Å². The molecule has 3 aromatic carbocycles. The number of hydrogen-bond acceptors (Lipinski definition) is 6. The lowest BCUT2D eigenvalue weighted by atomic mass is 10.00. The maximum absolute atomic E-state index is 12.9. The van der Waals surface area contributed by atoms with Crippen LogP contribution >= 0.6 is 11.8 Å². The van der Waals surface area contributed by atoms with E-state index in [2.05, 4.69) is 64.4 Å². The number of thioether (sulfide) groups is 1. The molecule has 1 saturated carbocycles. The molecule has 8 nitrogen and oxygen atoms in total. The Morgan fingerprint density at radius 3 is 2.44 bits per heavy atom. The third-order valence-electron chi connectivity index (χ3n) is 7.29. The van der Waals surface area contributed by atoms with Crippen molar-refractivity contribution in [1.82, 2.24) is 25.4 Å². The van der Waals surface area contributed by atoms with Crippen molar-refractivity contribution in [3.8, 4) is 22.8 Å². The standard InChI is InChI=1S/C33H35F3N6O2S/c1-21(2)27-14-5-22(3)19-28(27)39-31(45-32(4)16-17-32)40-30(43)37-18-15-23-6-8-24(9-7-23)29-38-20-42(41-29)25-10-12-26(13-11-25)44-33(34,35)36/h5-14,19-21H,15-18H2,1-4H3,(H2,37,39,40,43). The van der Waals surface area contributed by atoms with Crippen LogP contribution < -0.4 is 15.4 Å². The van der Waals surface area contributed by atoms with Gasteiger partial charge in [0.15, 0.2) is 11.0 Å². The van der Waals surface area contributed by atoms with E-state index in [1.807, 2.05) is 31.2 Å². The van der Waals surface area contributed by atoms with Crippen molar-refractivity contribution in [3.63, 3.8) is 0 Å². The van der Waals surface area contributed by atoms with Gasteiger partial charge in [-0.15, -0.1) is 18.3 Å². The molecule has 45 heavy (non-hydrogen) atoms. The average molecular weight is 637 g/mol. The average Bonchev–Trinajstić information content (AvgIpc) is 3.48. The summed E-state index contributed by atoms with van der Waals surface area (Å²) in [6.07, 6.45) is -0.459. The van der Waals surface area contributed by atoms with E-state index in [1.54, 1.807) is 11.8 Å². The molecule has 2 N–H and O–H groups in total. The second kappa shape index (κ2) is 13.4. The number of ether oxygens (including phenoxy) is 1. The van der Waals surface area contributed by atoms with Crippen molar-refractivity contribution in [2.24, 2.45) is 4.99 Å². The maximum atomic E-state index is 12.9. The predicted molar refractivity (Wildman–Crippen MR) is 171 cm³/mol. The Labute approximate surface area is 264 Å². The fourth-order valence-corrected chi connectivity index (χ4v) is 5.60. The summed E-state index contributed by atoms with van der Waals surface area (Å²) in [6.45, 7) is 8.93. The normalized spacial score (nSPS) is 14.4. The number of aliphatic imine (C=N–C) groups is 1. The monoisotopic (exact) mass is 636 g/mol. The van der Waals surface area contributed by atoms with Gasteiger partial charge >= 0.3 is 12.4 Å². The topological polar surface area (TPSA) is 93.4 Å². The van der Waals surface area contributed by atoms with Crippen LogP contribution in [0.3, 0.4) is 0 Å². The second-order valence-electron chi connectivity index (χ2n) is 11.6. The van der Waals surface area contributed by atoms with E-state index in [9.17, 15) is 18.0 Å². The number of aryl methyl sites for hydroxylation is 1. The largest absolute Gasteiger partial charge is 0.573 e. The van der Waals surface area contributed by atoms with E-state index in [1.165, 1.54) is 35.3 Å². The molecular weight excluding hydrogens is 601 g/mol. The molecule has 1 heterocycles. The highest BCUT2D eigenvalue weighted by Crippen LogP contribution is 2.48. The quantitative estimate of drug-likeness (QED) is 0.143. The number of alkyl halides is 3. The fourth-order valence-electron chi connectivity index (χ4n) is 4.54. The van der Waals surface area contributed by atoms with Crippen LogP contribution in [0.1, 0.15) is 56.2 Å². The van der Waals surface area contributed by atoms with Gasteiger partial charge < -0.3 is 10.1 Å². The Hall–Kier alpha value is -4.32. The first kappa shape index (κ1) is 32.1. The first-order valence-corrected chi connectivity index (χ1v) is 15.5. The number of hydrogen-bond donors (Lipinski definition) is 2. The molecule has 0 saturated heterocycles. The maximum Gasteiger partial charge on any atom is 0.573 e. The van der Waals surface area contributed by atoms with Crippen molar-refractivity contribution in [2.45, 2.75) is 64.0 Å². The molecule has 1 aromatic heterocycles. The van der Waals surface area contributed by atoms with E-state index >= 15 is 0 Å².